The zero-order chi connectivity index (χ0) is 15.1. The highest BCUT2D eigenvalue weighted by atomic mass is 16.3. The van der Waals surface area contributed by atoms with Crippen LogP contribution in [0, 0.1) is 5.92 Å². The highest BCUT2D eigenvalue weighted by Gasteiger charge is 2.28. The van der Waals surface area contributed by atoms with Gasteiger partial charge in [0.1, 0.15) is 0 Å². The quantitative estimate of drug-likeness (QED) is 0.812. The minimum atomic E-state index is -0.610. The summed E-state index contributed by atoms with van der Waals surface area (Å²) in [6.07, 6.45) is 6.11. The normalized spacial score (nSPS) is 20.3. The lowest BCUT2D eigenvalue weighted by Gasteiger charge is -2.35. The summed E-state index contributed by atoms with van der Waals surface area (Å²) in [5.74, 6) is 0.917. The molecule has 0 spiro atoms. The van der Waals surface area contributed by atoms with Crippen molar-refractivity contribution in [1.82, 2.24) is 4.90 Å². The molecule has 3 heteroatoms. The molecule has 21 heavy (non-hydrogen) atoms. The SMILES string of the molecule is CCCC1CCN(CCC(N)(CO)c2ccccc2)CC1. The molecule has 1 saturated heterocycles. The summed E-state index contributed by atoms with van der Waals surface area (Å²) in [6.45, 7) is 5.62. The van der Waals surface area contributed by atoms with E-state index >= 15 is 0 Å². The van der Waals surface area contributed by atoms with Gasteiger partial charge in [0.15, 0.2) is 0 Å². The number of nitrogens with two attached hydrogens (primary N) is 1. The van der Waals surface area contributed by atoms with Gasteiger partial charge in [0.25, 0.3) is 0 Å². The van der Waals surface area contributed by atoms with Gasteiger partial charge in [-0.3, -0.25) is 0 Å². The number of likely N-dealkylation sites (tertiary alicyclic amines) is 1. The third kappa shape index (κ3) is 4.53. The van der Waals surface area contributed by atoms with Crippen LogP contribution in [0.4, 0.5) is 0 Å². The lowest BCUT2D eigenvalue weighted by molar-refractivity contribution is 0.137. The second-order valence-corrected chi connectivity index (χ2v) is 6.50. The zero-order valence-electron chi connectivity index (χ0n) is 13.3. The van der Waals surface area contributed by atoms with E-state index in [4.69, 9.17) is 5.73 Å². The molecule has 0 radical (unpaired) electrons. The minimum Gasteiger partial charge on any atom is -0.394 e. The molecular formula is C18H30N2O. The summed E-state index contributed by atoms with van der Waals surface area (Å²) >= 11 is 0. The van der Waals surface area contributed by atoms with Crippen LogP contribution in [0.3, 0.4) is 0 Å². The van der Waals surface area contributed by atoms with E-state index in [0.717, 1.165) is 24.4 Å². The molecule has 1 aliphatic rings. The lowest BCUT2D eigenvalue weighted by Crippen LogP contribution is -2.45. The first-order valence-electron chi connectivity index (χ1n) is 8.35. The van der Waals surface area contributed by atoms with Crippen molar-refractivity contribution in [2.75, 3.05) is 26.2 Å². The van der Waals surface area contributed by atoms with Crippen molar-refractivity contribution >= 4 is 0 Å². The number of rotatable bonds is 7. The standard InChI is InChI=1S/C18H30N2O/c1-2-6-16-9-12-20(13-10-16)14-11-18(19,15-21)17-7-4-3-5-8-17/h3-5,7-8,16,21H,2,6,9-15,19H2,1H3. The fourth-order valence-corrected chi connectivity index (χ4v) is 3.35. The fraction of sp³-hybridized carbons (Fsp3) is 0.667. The van der Waals surface area contributed by atoms with Crippen LogP contribution in [0.15, 0.2) is 30.3 Å². The van der Waals surface area contributed by atoms with E-state index in [1.807, 2.05) is 30.3 Å². The van der Waals surface area contributed by atoms with Crippen molar-refractivity contribution in [3.05, 3.63) is 35.9 Å². The molecule has 0 amide bonds. The van der Waals surface area contributed by atoms with Gasteiger partial charge in [-0.1, -0.05) is 50.1 Å². The number of hydrogen-bond donors (Lipinski definition) is 2. The number of aliphatic hydroxyl groups is 1. The van der Waals surface area contributed by atoms with Gasteiger partial charge in [-0.05, 0) is 43.8 Å². The maximum atomic E-state index is 9.74. The predicted molar refractivity (Wildman–Crippen MR) is 88.1 cm³/mol. The summed E-state index contributed by atoms with van der Waals surface area (Å²) in [6, 6.07) is 10.00. The lowest BCUT2D eigenvalue weighted by atomic mass is 9.87. The van der Waals surface area contributed by atoms with Crippen LogP contribution in [0.25, 0.3) is 0 Å². The summed E-state index contributed by atoms with van der Waals surface area (Å²) in [7, 11) is 0. The molecule has 0 bridgehead atoms. The molecule has 0 aliphatic carbocycles. The van der Waals surface area contributed by atoms with E-state index in [0.29, 0.717) is 0 Å². The number of piperidine rings is 1. The summed E-state index contributed by atoms with van der Waals surface area (Å²) in [5, 5.41) is 9.74. The molecule has 3 nitrogen and oxygen atoms in total. The van der Waals surface area contributed by atoms with E-state index in [2.05, 4.69) is 11.8 Å². The Balaban J connectivity index is 1.84. The molecule has 1 aromatic rings. The van der Waals surface area contributed by atoms with Crippen LogP contribution in [0.1, 0.15) is 44.6 Å². The zero-order valence-corrected chi connectivity index (χ0v) is 13.3. The minimum absolute atomic E-state index is 0.00329. The average molecular weight is 290 g/mol. The number of nitrogens with zero attached hydrogens (tertiary/aromatic N) is 1. The van der Waals surface area contributed by atoms with Crippen LogP contribution in [-0.2, 0) is 5.54 Å². The van der Waals surface area contributed by atoms with Crippen molar-refractivity contribution in [3.8, 4) is 0 Å². The highest BCUT2D eigenvalue weighted by molar-refractivity contribution is 5.24. The van der Waals surface area contributed by atoms with Gasteiger partial charge in [0, 0.05) is 6.54 Å². The highest BCUT2D eigenvalue weighted by Crippen LogP contribution is 2.25. The van der Waals surface area contributed by atoms with Gasteiger partial charge in [0.05, 0.1) is 12.1 Å². The number of hydrogen-bond acceptors (Lipinski definition) is 3. The van der Waals surface area contributed by atoms with Crippen LogP contribution >= 0.6 is 0 Å². The van der Waals surface area contributed by atoms with Crippen LogP contribution < -0.4 is 5.73 Å². The van der Waals surface area contributed by atoms with E-state index in [1.165, 1.54) is 38.8 Å². The third-order valence-electron chi connectivity index (χ3n) is 4.91. The van der Waals surface area contributed by atoms with E-state index in [1.54, 1.807) is 0 Å². The van der Waals surface area contributed by atoms with Crippen molar-refractivity contribution in [2.24, 2.45) is 11.7 Å². The van der Waals surface area contributed by atoms with Gasteiger partial charge in [-0.2, -0.15) is 0 Å². The fourth-order valence-electron chi connectivity index (χ4n) is 3.35. The molecule has 3 N–H and O–H groups in total. The Morgan fingerprint density at radius 3 is 2.48 bits per heavy atom. The molecule has 1 atom stereocenters. The van der Waals surface area contributed by atoms with E-state index in [-0.39, 0.29) is 6.61 Å². The Kier molecular flexibility index (Phi) is 6.22. The molecule has 1 aliphatic heterocycles. The maximum absolute atomic E-state index is 9.74. The second-order valence-electron chi connectivity index (χ2n) is 6.50. The molecule has 118 valence electrons. The summed E-state index contributed by atoms with van der Waals surface area (Å²) in [5.41, 5.74) is 6.86. The first-order valence-corrected chi connectivity index (χ1v) is 8.35. The van der Waals surface area contributed by atoms with E-state index in [9.17, 15) is 5.11 Å². The molecular weight excluding hydrogens is 260 g/mol. The van der Waals surface area contributed by atoms with E-state index < -0.39 is 5.54 Å². The van der Waals surface area contributed by atoms with Gasteiger partial charge in [0.2, 0.25) is 0 Å². The van der Waals surface area contributed by atoms with Crippen LogP contribution in [-0.4, -0.2) is 36.2 Å². The smallest absolute Gasteiger partial charge is 0.0656 e. The monoisotopic (exact) mass is 290 g/mol. The Morgan fingerprint density at radius 1 is 1.24 bits per heavy atom. The third-order valence-corrected chi connectivity index (χ3v) is 4.91. The summed E-state index contributed by atoms with van der Waals surface area (Å²) in [4.78, 5) is 2.51. The Labute approximate surface area is 129 Å². The Bertz CT molecular complexity index is 401. The second kappa shape index (κ2) is 7.92. The predicted octanol–water partition coefficient (Wildman–Crippen LogP) is 2.74. The molecule has 1 heterocycles. The first kappa shape index (κ1) is 16.5. The molecule has 1 fully saturated rings. The molecule has 0 aromatic heterocycles. The average Bonchev–Trinajstić information content (AvgIpc) is 2.55. The van der Waals surface area contributed by atoms with Gasteiger partial charge in [-0.25, -0.2) is 0 Å². The summed E-state index contributed by atoms with van der Waals surface area (Å²) < 4.78 is 0. The Morgan fingerprint density at radius 2 is 1.90 bits per heavy atom. The van der Waals surface area contributed by atoms with Crippen molar-refractivity contribution in [3.63, 3.8) is 0 Å². The molecule has 1 aromatic carbocycles. The molecule has 0 saturated carbocycles. The van der Waals surface area contributed by atoms with Gasteiger partial charge in [-0.15, -0.1) is 0 Å². The Hall–Kier alpha value is -0.900. The topological polar surface area (TPSA) is 49.5 Å². The molecule has 1 unspecified atom stereocenters. The number of benzene rings is 1. The van der Waals surface area contributed by atoms with Crippen LogP contribution in [0.2, 0.25) is 0 Å². The van der Waals surface area contributed by atoms with Gasteiger partial charge >= 0.3 is 0 Å². The van der Waals surface area contributed by atoms with Crippen molar-refractivity contribution < 1.29 is 5.11 Å². The first-order chi connectivity index (χ1) is 10.2. The maximum Gasteiger partial charge on any atom is 0.0656 e. The van der Waals surface area contributed by atoms with Gasteiger partial charge < -0.3 is 15.7 Å². The van der Waals surface area contributed by atoms with Crippen LogP contribution in [0.5, 0.6) is 0 Å². The molecule has 2 rings (SSSR count). The number of aliphatic hydroxyl groups excluding tert-OH is 1. The van der Waals surface area contributed by atoms with Crippen molar-refractivity contribution in [1.29, 1.82) is 0 Å². The largest absolute Gasteiger partial charge is 0.394 e. The van der Waals surface area contributed by atoms with Crippen molar-refractivity contribution in [2.45, 2.75) is 44.6 Å².